The molecule has 21 heavy (non-hydrogen) atoms. The molecule has 0 aliphatic heterocycles. The van der Waals surface area contributed by atoms with Crippen LogP contribution in [0.4, 0.5) is 0 Å². The molecule has 0 amide bonds. The van der Waals surface area contributed by atoms with Crippen molar-refractivity contribution in [2.45, 2.75) is 35.6 Å². The van der Waals surface area contributed by atoms with Crippen LogP contribution in [0.15, 0.2) is 34.2 Å². The van der Waals surface area contributed by atoms with E-state index < -0.39 is 0 Å². The van der Waals surface area contributed by atoms with Crippen LogP contribution < -0.4 is 0 Å². The summed E-state index contributed by atoms with van der Waals surface area (Å²) in [6.07, 6.45) is 4.37. The first-order chi connectivity index (χ1) is 10.2. The van der Waals surface area contributed by atoms with Crippen molar-refractivity contribution in [1.82, 2.24) is 4.98 Å². The molecule has 0 fully saturated rings. The summed E-state index contributed by atoms with van der Waals surface area (Å²) >= 11 is 13.4. The molecule has 5 heteroatoms. The molecule has 0 unspecified atom stereocenters. The van der Waals surface area contributed by atoms with Gasteiger partial charge in [-0.25, -0.2) is 4.98 Å². The predicted octanol–water partition coefficient (Wildman–Crippen LogP) is 5.29. The maximum Gasteiger partial charge on any atom is 0.119 e. The van der Waals surface area contributed by atoms with Gasteiger partial charge in [-0.15, -0.1) is 0 Å². The quantitative estimate of drug-likeness (QED) is 0.748. The van der Waals surface area contributed by atoms with Crippen molar-refractivity contribution in [3.63, 3.8) is 0 Å². The van der Waals surface area contributed by atoms with Crippen LogP contribution in [0.25, 0.3) is 0 Å². The molecule has 0 saturated carbocycles. The van der Waals surface area contributed by atoms with E-state index in [1.807, 2.05) is 12.1 Å². The average Bonchev–Trinajstić information content (AvgIpc) is 2.50. The summed E-state index contributed by atoms with van der Waals surface area (Å²) in [6, 6.07) is 9.69. The van der Waals surface area contributed by atoms with Crippen LogP contribution in [0.5, 0.6) is 0 Å². The molecule has 1 aromatic heterocycles. The number of nitrogens with zero attached hydrogens (tertiary/aromatic N) is 2. The maximum atomic E-state index is 9.35. The van der Waals surface area contributed by atoms with Gasteiger partial charge >= 0.3 is 0 Å². The number of hydrogen-bond donors (Lipinski definition) is 0. The van der Waals surface area contributed by atoms with Crippen LogP contribution in [-0.4, -0.2) is 4.98 Å². The topological polar surface area (TPSA) is 36.7 Å². The fraction of sp³-hybridized carbons (Fsp3) is 0.250. The molecule has 0 atom stereocenters. The Hall–Kier alpha value is -1.21. The normalized spacial score (nSPS) is 13.6. The van der Waals surface area contributed by atoms with E-state index in [4.69, 9.17) is 28.2 Å². The highest BCUT2D eigenvalue weighted by Gasteiger charge is 2.16. The molecule has 106 valence electrons. The third kappa shape index (κ3) is 3.18. The van der Waals surface area contributed by atoms with Crippen molar-refractivity contribution in [1.29, 1.82) is 5.26 Å². The first-order valence-corrected chi connectivity index (χ1v) is 8.30. The number of nitriles is 1. The fourth-order valence-electron chi connectivity index (χ4n) is 2.42. The SMILES string of the molecule is N#Cc1cc2c(nc1Sc1ccc(Cl)c(Cl)c1)CCCC2. The Bertz CT molecular complexity index is 738. The zero-order valence-electron chi connectivity index (χ0n) is 11.2. The molecule has 0 spiro atoms. The maximum absolute atomic E-state index is 9.35. The van der Waals surface area contributed by atoms with Gasteiger partial charge in [0.05, 0.1) is 15.6 Å². The lowest BCUT2D eigenvalue weighted by Crippen LogP contribution is -2.07. The summed E-state index contributed by atoms with van der Waals surface area (Å²) in [6.45, 7) is 0. The van der Waals surface area contributed by atoms with Gasteiger partial charge in [0.2, 0.25) is 0 Å². The molecule has 0 saturated heterocycles. The zero-order chi connectivity index (χ0) is 14.8. The lowest BCUT2D eigenvalue weighted by atomic mass is 9.95. The highest BCUT2D eigenvalue weighted by Crippen LogP contribution is 2.34. The van der Waals surface area contributed by atoms with E-state index in [0.29, 0.717) is 15.6 Å². The minimum absolute atomic E-state index is 0.512. The lowest BCUT2D eigenvalue weighted by molar-refractivity contribution is 0.660. The van der Waals surface area contributed by atoms with Crippen LogP contribution in [0, 0.1) is 11.3 Å². The lowest BCUT2D eigenvalue weighted by Gasteiger charge is -2.16. The summed E-state index contributed by atoms with van der Waals surface area (Å²) in [4.78, 5) is 5.63. The summed E-state index contributed by atoms with van der Waals surface area (Å²) in [5, 5.41) is 11.1. The standard InChI is InChI=1S/C16H12Cl2N2S/c17-13-6-5-12(8-14(13)18)21-16-11(9-19)7-10-3-1-2-4-15(10)20-16/h5-8H,1-4H2. The number of rotatable bonds is 2. The largest absolute Gasteiger partial charge is 0.244 e. The highest BCUT2D eigenvalue weighted by atomic mass is 35.5. The number of fused-ring (bicyclic) bond motifs is 1. The molecule has 2 aromatic rings. The van der Waals surface area contributed by atoms with Gasteiger partial charge < -0.3 is 0 Å². The number of benzene rings is 1. The van der Waals surface area contributed by atoms with E-state index >= 15 is 0 Å². The first kappa shape index (κ1) is 14.7. The molecule has 1 aromatic carbocycles. The molecule has 1 heterocycles. The molecule has 3 rings (SSSR count). The van der Waals surface area contributed by atoms with Crippen molar-refractivity contribution >= 4 is 35.0 Å². The Morgan fingerprint density at radius 1 is 1.10 bits per heavy atom. The van der Waals surface area contributed by atoms with Crippen molar-refractivity contribution in [3.8, 4) is 6.07 Å². The van der Waals surface area contributed by atoms with Crippen LogP contribution in [0.3, 0.4) is 0 Å². The third-order valence-corrected chi connectivity index (χ3v) is 5.23. The van der Waals surface area contributed by atoms with Gasteiger partial charge in [-0.05, 0) is 55.5 Å². The van der Waals surface area contributed by atoms with Gasteiger partial charge in [0.25, 0.3) is 0 Å². The molecule has 1 aliphatic rings. The van der Waals surface area contributed by atoms with E-state index in [0.717, 1.165) is 28.5 Å². The van der Waals surface area contributed by atoms with Crippen molar-refractivity contribution in [3.05, 3.63) is 51.1 Å². The predicted molar refractivity (Wildman–Crippen MR) is 86.2 cm³/mol. The van der Waals surface area contributed by atoms with Gasteiger partial charge in [-0.3, -0.25) is 0 Å². The second-order valence-corrected chi connectivity index (χ2v) is 6.82. The van der Waals surface area contributed by atoms with Crippen LogP contribution in [-0.2, 0) is 12.8 Å². The van der Waals surface area contributed by atoms with Gasteiger partial charge in [0, 0.05) is 10.6 Å². The molecule has 1 aliphatic carbocycles. The summed E-state index contributed by atoms with van der Waals surface area (Å²) in [7, 11) is 0. The summed E-state index contributed by atoms with van der Waals surface area (Å²) < 4.78 is 0. The van der Waals surface area contributed by atoms with Gasteiger partial charge in [0.1, 0.15) is 11.1 Å². The van der Waals surface area contributed by atoms with Gasteiger partial charge in [-0.1, -0.05) is 35.0 Å². The molecule has 0 radical (unpaired) electrons. The van der Waals surface area contributed by atoms with Crippen LogP contribution in [0.1, 0.15) is 29.7 Å². The van der Waals surface area contributed by atoms with Crippen LogP contribution >= 0.6 is 35.0 Å². The van der Waals surface area contributed by atoms with E-state index in [2.05, 4.69) is 6.07 Å². The number of aromatic nitrogens is 1. The molecular weight excluding hydrogens is 323 g/mol. The number of halogens is 2. The van der Waals surface area contributed by atoms with Crippen molar-refractivity contribution in [2.24, 2.45) is 0 Å². The molecule has 2 nitrogen and oxygen atoms in total. The highest BCUT2D eigenvalue weighted by molar-refractivity contribution is 7.99. The fourth-order valence-corrected chi connectivity index (χ4v) is 3.69. The number of pyridine rings is 1. The second-order valence-electron chi connectivity index (χ2n) is 4.94. The third-order valence-electron chi connectivity index (χ3n) is 3.49. The Morgan fingerprint density at radius 2 is 1.90 bits per heavy atom. The summed E-state index contributed by atoms with van der Waals surface area (Å²) in [5.41, 5.74) is 2.98. The van der Waals surface area contributed by atoms with Gasteiger partial charge in [-0.2, -0.15) is 5.26 Å². The first-order valence-electron chi connectivity index (χ1n) is 6.73. The second kappa shape index (κ2) is 6.27. The Balaban J connectivity index is 1.97. The van der Waals surface area contributed by atoms with E-state index in [1.165, 1.54) is 30.2 Å². The number of hydrogen-bond acceptors (Lipinski definition) is 3. The summed E-state index contributed by atoms with van der Waals surface area (Å²) in [5.74, 6) is 0. The van der Waals surface area contributed by atoms with Crippen LogP contribution in [0.2, 0.25) is 10.0 Å². The van der Waals surface area contributed by atoms with Crippen molar-refractivity contribution < 1.29 is 0 Å². The zero-order valence-corrected chi connectivity index (χ0v) is 13.5. The van der Waals surface area contributed by atoms with E-state index in [9.17, 15) is 5.26 Å². The minimum Gasteiger partial charge on any atom is -0.244 e. The smallest absolute Gasteiger partial charge is 0.119 e. The Kier molecular flexibility index (Phi) is 4.40. The minimum atomic E-state index is 0.512. The molecule has 0 N–H and O–H groups in total. The number of aryl methyl sites for hydroxylation is 2. The van der Waals surface area contributed by atoms with Gasteiger partial charge in [0.15, 0.2) is 0 Å². The average molecular weight is 335 g/mol. The Labute approximate surface area is 138 Å². The van der Waals surface area contributed by atoms with E-state index in [-0.39, 0.29) is 0 Å². The Morgan fingerprint density at radius 3 is 2.67 bits per heavy atom. The van der Waals surface area contributed by atoms with E-state index in [1.54, 1.807) is 12.1 Å². The monoisotopic (exact) mass is 334 g/mol. The molecular formula is C16H12Cl2N2S. The van der Waals surface area contributed by atoms with Crippen molar-refractivity contribution in [2.75, 3.05) is 0 Å². The molecule has 0 bridgehead atoms.